The fourth-order valence-electron chi connectivity index (χ4n) is 13.0. The topological polar surface area (TPSA) is 237 Å². The molecule has 0 heterocycles. The van der Waals surface area contributed by atoms with Gasteiger partial charge in [-0.1, -0.05) is 400 Å². The van der Waals surface area contributed by atoms with Gasteiger partial charge in [-0.15, -0.1) is 0 Å². The van der Waals surface area contributed by atoms with E-state index in [9.17, 15) is 43.2 Å². The number of hydrogen-bond donors (Lipinski definition) is 3. The number of unbranched alkanes of at least 4 members (excludes halogenated alkanes) is 58. The summed E-state index contributed by atoms with van der Waals surface area (Å²) in [5.74, 6) is -2.10. The Morgan fingerprint density at radius 1 is 0.235 bits per heavy atom. The fraction of sp³-hybridized carbons (Fsp3) is 0.952. The minimum atomic E-state index is -4.96. The van der Waals surface area contributed by atoms with Crippen molar-refractivity contribution in [2.24, 2.45) is 0 Å². The van der Waals surface area contributed by atoms with Crippen LogP contribution in [0.1, 0.15) is 451 Å². The third-order valence-electron chi connectivity index (χ3n) is 19.6. The van der Waals surface area contributed by atoms with Crippen LogP contribution in [0.25, 0.3) is 0 Å². The Morgan fingerprint density at radius 2 is 0.392 bits per heavy atom. The molecule has 0 aromatic heterocycles. The Balaban J connectivity index is 5.25. The highest BCUT2D eigenvalue weighted by Crippen LogP contribution is 2.45. The van der Waals surface area contributed by atoms with Crippen LogP contribution in [-0.2, 0) is 65.4 Å². The van der Waals surface area contributed by atoms with E-state index in [0.717, 1.165) is 89.9 Å². The molecule has 0 spiro atoms. The van der Waals surface area contributed by atoms with E-state index < -0.39 is 97.5 Å². The first-order chi connectivity index (χ1) is 49.7. The van der Waals surface area contributed by atoms with Gasteiger partial charge in [0, 0.05) is 25.7 Å². The van der Waals surface area contributed by atoms with E-state index in [1.807, 2.05) is 0 Å². The number of esters is 4. The van der Waals surface area contributed by atoms with Crippen LogP contribution in [0.4, 0.5) is 0 Å². The van der Waals surface area contributed by atoms with E-state index in [2.05, 4.69) is 27.7 Å². The maximum absolute atomic E-state index is 13.1. The highest BCUT2D eigenvalue weighted by atomic mass is 31.2. The molecular weight excluding hydrogens is 1330 g/mol. The smallest absolute Gasteiger partial charge is 0.462 e. The molecule has 19 heteroatoms. The molecule has 0 radical (unpaired) electrons. The summed E-state index contributed by atoms with van der Waals surface area (Å²) in [6.07, 6.45) is 70.6. The van der Waals surface area contributed by atoms with Crippen molar-refractivity contribution in [1.29, 1.82) is 0 Å². The van der Waals surface area contributed by atoms with Crippen LogP contribution in [-0.4, -0.2) is 96.7 Å². The summed E-state index contributed by atoms with van der Waals surface area (Å²) >= 11 is 0. The van der Waals surface area contributed by atoms with E-state index in [-0.39, 0.29) is 25.7 Å². The molecule has 0 bridgehead atoms. The van der Waals surface area contributed by atoms with Gasteiger partial charge in [0.05, 0.1) is 26.4 Å². The first-order valence-electron chi connectivity index (χ1n) is 43.3. The second-order valence-electron chi connectivity index (χ2n) is 29.9. The Hall–Kier alpha value is -1.94. The lowest BCUT2D eigenvalue weighted by molar-refractivity contribution is -0.161. The van der Waals surface area contributed by atoms with Gasteiger partial charge in [0.25, 0.3) is 0 Å². The molecule has 0 aliphatic heterocycles. The van der Waals surface area contributed by atoms with E-state index in [0.29, 0.717) is 25.7 Å². The average molecular weight is 1490 g/mol. The molecule has 102 heavy (non-hydrogen) atoms. The zero-order chi connectivity index (χ0) is 74.6. The number of ether oxygens (including phenoxy) is 4. The van der Waals surface area contributed by atoms with Crippen LogP contribution in [0.15, 0.2) is 0 Å². The normalized spacial score (nSPS) is 13.8. The summed E-state index contributed by atoms with van der Waals surface area (Å²) in [4.78, 5) is 73.2. The molecule has 0 aliphatic rings. The average Bonchev–Trinajstić information content (AvgIpc) is 0.909. The second kappa shape index (κ2) is 77.2. The molecule has 0 aromatic rings. The highest BCUT2D eigenvalue weighted by Gasteiger charge is 2.30. The monoisotopic (exact) mass is 1490 g/mol. The zero-order valence-corrected chi connectivity index (χ0v) is 68.4. The van der Waals surface area contributed by atoms with Crippen molar-refractivity contribution in [1.82, 2.24) is 0 Å². The Bertz CT molecular complexity index is 1930. The minimum absolute atomic E-state index is 0.109. The van der Waals surface area contributed by atoms with E-state index in [1.165, 1.54) is 283 Å². The van der Waals surface area contributed by atoms with E-state index in [4.69, 9.17) is 37.0 Å². The van der Waals surface area contributed by atoms with Gasteiger partial charge in [0.2, 0.25) is 0 Å². The number of rotatable bonds is 84. The molecule has 17 nitrogen and oxygen atoms in total. The number of aliphatic hydroxyl groups excluding tert-OH is 1. The number of carbonyl (C=O) groups excluding carboxylic acids is 4. The molecule has 0 aliphatic carbocycles. The fourth-order valence-corrected chi connectivity index (χ4v) is 14.6. The molecule has 0 fully saturated rings. The Labute approximate surface area is 626 Å². The van der Waals surface area contributed by atoms with Crippen molar-refractivity contribution in [3.63, 3.8) is 0 Å². The lowest BCUT2D eigenvalue weighted by Crippen LogP contribution is -2.30. The predicted molar refractivity (Wildman–Crippen MR) is 419 cm³/mol. The second-order valence-corrected chi connectivity index (χ2v) is 32.8. The summed E-state index contributed by atoms with van der Waals surface area (Å²) < 4.78 is 68.8. The van der Waals surface area contributed by atoms with E-state index >= 15 is 0 Å². The number of hydrogen-bond acceptors (Lipinski definition) is 15. The Kier molecular flexibility index (Phi) is 75.8. The third-order valence-corrected chi connectivity index (χ3v) is 21.5. The first-order valence-corrected chi connectivity index (χ1v) is 46.3. The van der Waals surface area contributed by atoms with Crippen LogP contribution >= 0.6 is 15.6 Å². The van der Waals surface area contributed by atoms with Crippen LogP contribution in [0.5, 0.6) is 0 Å². The molecule has 0 saturated heterocycles. The number of phosphoric acid groups is 2. The van der Waals surface area contributed by atoms with Gasteiger partial charge >= 0.3 is 39.5 Å². The molecule has 0 amide bonds. The molecule has 2 unspecified atom stereocenters. The standard InChI is InChI=1S/C83H162O17P2/c1-5-9-13-17-21-25-29-33-36-38-41-45-48-52-56-60-64-68-81(86)94-73-78(99-82(87)69-65-61-57-53-49-43-32-28-24-20-16-12-8-4)75-97-101(89,90)95-71-77(84)72-96-102(91,92)98-76-79(74-93-80(85)67-63-59-55-51-47-44-40-35-31-27-23-19-15-11-7-3)100-83(88)70-66-62-58-54-50-46-42-39-37-34-30-26-22-18-14-10-6-2/h77-79,84H,5-76H2,1-4H3,(H,89,90)(H,91,92)/t77-,78+,79+/m0/s1. The highest BCUT2D eigenvalue weighted by molar-refractivity contribution is 7.47. The van der Waals surface area contributed by atoms with Crippen molar-refractivity contribution in [2.75, 3.05) is 39.6 Å². The molecule has 5 atom stereocenters. The molecule has 0 aromatic carbocycles. The molecule has 0 rings (SSSR count). The van der Waals surface area contributed by atoms with Crippen LogP contribution < -0.4 is 0 Å². The van der Waals surface area contributed by atoms with Crippen molar-refractivity contribution in [3.8, 4) is 0 Å². The molecule has 3 N–H and O–H groups in total. The van der Waals surface area contributed by atoms with Gasteiger partial charge in [0.15, 0.2) is 12.2 Å². The summed E-state index contributed by atoms with van der Waals surface area (Å²) in [5, 5.41) is 10.7. The van der Waals surface area contributed by atoms with Crippen molar-refractivity contribution in [2.45, 2.75) is 470 Å². The number of carbonyl (C=O) groups is 4. The zero-order valence-electron chi connectivity index (χ0n) is 66.6. The maximum Gasteiger partial charge on any atom is 0.472 e. The third kappa shape index (κ3) is 76.3. The van der Waals surface area contributed by atoms with Crippen LogP contribution in [0.2, 0.25) is 0 Å². The van der Waals surface area contributed by atoms with Crippen molar-refractivity contribution < 1.29 is 80.2 Å². The maximum atomic E-state index is 13.1. The van der Waals surface area contributed by atoms with Gasteiger partial charge in [-0.3, -0.25) is 37.3 Å². The molecule has 0 saturated carbocycles. The van der Waals surface area contributed by atoms with Gasteiger partial charge < -0.3 is 33.8 Å². The lowest BCUT2D eigenvalue weighted by atomic mass is 10.0. The quantitative estimate of drug-likeness (QED) is 0.0222. The van der Waals surface area contributed by atoms with E-state index in [1.54, 1.807) is 0 Å². The predicted octanol–water partition coefficient (Wildman–Crippen LogP) is 25.4. The van der Waals surface area contributed by atoms with Crippen molar-refractivity contribution >= 4 is 39.5 Å². The lowest BCUT2D eigenvalue weighted by Gasteiger charge is -2.21. The van der Waals surface area contributed by atoms with Gasteiger partial charge in [-0.25, -0.2) is 9.13 Å². The van der Waals surface area contributed by atoms with Gasteiger partial charge in [-0.05, 0) is 25.7 Å². The van der Waals surface area contributed by atoms with Crippen molar-refractivity contribution in [3.05, 3.63) is 0 Å². The van der Waals surface area contributed by atoms with Crippen LogP contribution in [0, 0.1) is 0 Å². The Morgan fingerprint density at radius 3 is 0.578 bits per heavy atom. The molecular formula is C83H162O17P2. The number of phosphoric ester groups is 2. The SMILES string of the molecule is CCCCCCCCCCCCCCCCCCCC(=O)OC[C@H](COP(=O)(O)OC[C@H](O)COP(=O)(O)OC[C@@H](COC(=O)CCCCCCCCCCCCCCCCC)OC(=O)CCCCCCCCCCCCCCCCCCC)OC(=O)CCCCCCCCCCCCCCC. The summed E-state index contributed by atoms with van der Waals surface area (Å²) in [7, 11) is -9.92. The summed E-state index contributed by atoms with van der Waals surface area (Å²) in [5.41, 5.74) is 0. The summed E-state index contributed by atoms with van der Waals surface area (Å²) in [6, 6.07) is 0. The van der Waals surface area contributed by atoms with Gasteiger partial charge in [0.1, 0.15) is 19.3 Å². The number of aliphatic hydroxyl groups is 1. The van der Waals surface area contributed by atoms with Crippen LogP contribution in [0.3, 0.4) is 0 Å². The van der Waals surface area contributed by atoms with Gasteiger partial charge in [-0.2, -0.15) is 0 Å². The molecule has 606 valence electrons. The summed E-state index contributed by atoms with van der Waals surface area (Å²) in [6.45, 7) is 5.05. The first kappa shape index (κ1) is 100. The minimum Gasteiger partial charge on any atom is -0.462 e. The largest absolute Gasteiger partial charge is 0.472 e.